The van der Waals surface area contributed by atoms with Gasteiger partial charge in [-0.15, -0.1) is 0 Å². The molecule has 2 aliphatic rings. The van der Waals surface area contributed by atoms with Gasteiger partial charge in [0, 0.05) is 32.1 Å². The van der Waals surface area contributed by atoms with Crippen LogP contribution in [0.15, 0.2) is 12.2 Å². The first-order chi connectivity index (χ1) is 7.81. The molecule has 0 aromatic rings. The van der Waals surface area contributed by atoms with E-state index in [1.54, 1.807) is 0 Å². The summed E-state index contributed by atoms with van der Waals surface area (Å²) in [5, 5.41) is 0. The van der Waals surface area contributed by atoms with E-state index in [1.165, 1.54) is 0 Å². The fraction of sp³-hybridized carbons (Fsp3) is 0.769. The van der Waals surface area contributed by atoms with Crippen molar-refractivity contribution in [1.29, 1.82) is 0 Å². The summed E-state index contributed by atoms with van der Waals surface area (Å²) in [5.74, 6) is 0.651. The second-order valence-corrected chi connectivity index (χ2v) is 4.74. The molecule has 0 spiro atoms. The molecule has 2 rings (SSSR count). The number of amides is 1. The zero-order valence-electron chi connectivity index (χ0n) is 10.2. The lowest BCUT2D eigenvalue weighted by molar-refractivity contribution is -0.137. The Hall–Kier alpha value is -0.830. The summed E-state index contributed by atoms with van der Waals surface area (Å²) in [6, 6.07) is 0. The highest BCUT2D eigenvalue weighted by molar-refractivity contribution is 5.79. The Balaban J connectivity index is 1.84. The molecule has 90 valence electrons. The highest BCUT2D eigenvalue weighted by Gasteiger charge is 2.26. The number of nitrogens with zero attached hydrogens (tertiary/aromatic N) is 2. The quantitative estimate of drug-likeness (QED) is 0.661. The van der Waals surface area contributed by atoms with Crippen molar-refractivity contribution in [3.8, 4) is 0 Å². The molecule has 0 bridgehead atoms. The minimum atomic E-state index is 0.262. The summed E-state index contributed by atoms with van der Waals surface area (Å²) < 4.78 is 0. The molecule has 3 heteroatoms. The van der Waals surface area contributed by atoms with Crippen molar-refractivity contribution in [2.45, 2.75) is 26.2 Å². The van der Waals surface area contributed by atoms with Crippen LogP contribution < -0.4 is 0 Å². The van der Waals surface area contributed by atoms with Crippen LogP contribution in [0.2, 0.25) is 0 Å². The monoisotopic (exact) mass is 222 g/mol. The van der Waals surface area contributed by atoms with E-state index in [2.05, 4.69) is 28.9 Å². The predicted molar refractivity (Wildman–Crippen MR) is 65.2 cm³/mol. The molecule has 0 radical (unpaired) electrons. The standard InChI is InChI=1S/C13H22N2O/c1-2-14-8-10-15(11-9-14)13(16)12-6-4-3-5-7-12/h3-4,12H,2,5-11H2,1H3. The average Bonchev–Trinajstić information content (AvgIpc) is 2.39. The topological polar surface area (TPSA) is 23.6 Å². The molecule has 1 aliphatic heterocycles. The molecule has 1 heterocycles. The minimum Gasteiger partial charge on any atom is -0.340 e. The molecule has 0 aromatic carbocycles. The molecule has 1 atom stereocenters. The van der Waals surface area contributed by atoms with E-state index in [0.29, 0.717) is 5.91 Å². The predicted octanol–water partition coefficient (Wildman–Crippen LogP) is 1.51. The molecule has 0 N–H and O–H groups in total. The van der Waals surface area contributed by atoms with Gasteiger partial charge >= 0.3 is 0 Å². The first-order valence-electron chi connectivity index (χ1n) is 6.47. The van der Waals surface area contributed by atoms with Gasteiger partial charge in [-0.1, -0.05) is 19.1 Å². The van der Waals surface area contributed by atoms with Crippen LogP contribution in [-0.4, -0.2) is 48.4 Å². The third-order valence-electron chi connectivity index (χ3n) is 3.75. The molecule has 1 fully saturated rings. The van der Waals surface area contributed by atoms with Crippen LogP contribution in [-0.2, 0) is 4.79 Å². The maximum absolute atomic E-state index is 12.2. The summed E-state index contributed by atoms with van der Waals surface area (Å²) in [4.78, 5) is 16.7. The lowest BCUT2D eigenvalue weighted by atomic mass is 9.93. The van der Waals surface area contributed by atoms with Gasteiger partial charge < -0.3 is 9.80 Å². The Morgan fingerprint density at radius 3 is 2.56 bits per heavy atom. The number of carbonyl (C=O) groups is 1. The third kappa shape index (κ3) is 2.64. The largest absolute Gasteiger partial charge is 0.340 e. The third-order valence-corrected chi connectivity index (χ3v) is 3.75. The number of hydrogen-bond acceptors (Lipinski definition) is 2. The number of likely N-dealkylation sites (N-methyl/N-ethyl adjacent to an activating group) is 1. The van der Waals surface area contributed by atoms with E-state index in [1.807, 2.05) is 0 Å². The van der Waals surface area contributed by atoms with Gasteiger partial charge in [-0.25, -0.2) is 0 Å². The lowest BCUT2D eigenvalue weighted by Crippen LogP contribution is -2.50. The summed E-state index contributed by atoms with van der Waals surface area (Å²) in [6.45, 7) is 7.23. The Kier molecular flexibility index (Phi) is 3.99. The SMILES string of the molecule is CCN1CCN(C(=O)C2CC=CCC2)CC1. The van der Waals surface area contributed by atoms with Crippen molar-refractivity contribution >= 4 is 5.91 Å². The molecular weight excluding hydrogens is 200 g/mol. The van der Waals surface area contributed by atoms with E-state index >= 15 is 0 Å². The summed E-state index contributed by atoms with van der Waals surface area (Å²) in [6.07, 6.45) is 7.43. The van der Waals surface area contributed by atoms with Gasteiger partial charge in [0.1, 0.15) is 0 Å². The van der Waals surface area contributed by atoms with Gasteiger partial charge in [0.2, 0.25) is 5.91 Å². The first-order valence-corrected chi connectivity index (χ1v) is 6.47. The smallest absolute Gasteiger partial charge is 0.226 e. The van der Waals surface area contributed by atoms with E-state index < -0.39 is 0 Å². The lowest BCUT2D eigenvalue weighted by Gasteiger charge is -2.36. The normalized spacial score (nSPS) is 27.1. The zero-order chi connectivity index (χ0) is 11.4. The zero-order valence-corrected chi connectivity index (χ0v) is 10.2. The number of piperazine rings is 1. The molecule has 1 amide bonds. The molecule has 3 nitrogen and oxygen atoms in total. The van der Waals surface area contributed by atoms with Crippen LogP contribution >= 0.6 is 0 Å². The van der Waals surface area contributed by atoms with Crippen LogP contribution in [0.4, 0.5) is 0 Å². The fourth-order valence-electron chi connectivity index (χ4n) is 2.56. The Labute approximate surface area is 98.1 Å². The van der Waals surface area contributed by atoms with Crippen LogP contribution in [0.5, 0.6) is 0 Å². The van der Waals surface area contributed by atoms with Gasteiger partial charge in [-0.05, 0) is 25.8 Å². The highest BCUT2D eigenvalue weighted by atomic mass is 16.2. The van der Waals surface area contributed by atoms with E-state index in [-0.39, 0.29) is 5.92 Å². The molecule has 1 saturated heterocycles. The van der Waals surface area contributed by atoms with E-state index in [4.69, 9.17) is 0 Å². The highest BCUT2D eigenvalue weighted by Crippen LogP contribution is 2.21. The second kappa shape index (κ2) is 5.48. The van der Waals surface area contributed by atoms with Gasteiger partial charge in [0.15, 0.2) is 0 Å². The van der Waals surface area contributed by atoms with Crippen molar-refractivity contribution in [1.82, 2.24) is 9.80 Å². The summed E-state index contributed by atoms with van der Waals surface area (Å²) in [7, 11) is 0. The minimum absolute atomic E-state index is 0.262. The van der Waals surface area contributed by atoms with Crippen LogP contribution in [0.3, 0.4) is 0 Å². The average molecular weight is 222 g/mol. The van der Waals surface area contributed by atoms with E-state index in [9.17, 15) is 4.79 Å². The Morgan fingerprint density at radius 2 is 2.00 bits per heavy atom. The molecule has 16 heavy (non-hydrogen) atoms. The number of rotatable bonds is 2. The molecular formula is C13H22N2O. The van der Waals surface area contributed by atoms with Gasteiger partial charge in [-0.2, -0.15) is 0 Å². The number of allylic oxidation sites excluding steroid dienone is 2. The maximum atomic E-state index is 12.2. The van der Waals surface area contributed by atoms with Crippen LogP contribution in [0.25, 0.3) is 0 Å². The van der Waals surface area contributed by atoms with Gasteiger partial charge in [-0.3, -0.25) is 4.79 Å². The molecule has 0 saturated carbocycles. The molecule has 1 aliphatic carbocycles. The van der Waals surface area contributed by atoms with Crippen LogP contribution in [0, 0.1) is 5.92 Å². The first kappa shape index (κ1) is 11.6. The van der Waals surface area contributed by atoms with Crippen LogP contribution in [0.1, 0.15) is 26.2 Å². The molecule has 0 aromatic heterocycles. The van der Waals surface area contributed by atoms with Crippen molar-refractivity contribution in [3.05, 3.63) is 12.2 Å². The summed E-state index contributed by atoms with van der Waals surface area (Å²) >= 11 is 0. The second-order valence-electron chi connectivity index (χ2n) is 4.74. The van der Waals surface area contributed by atoms with E-state index in [0.717, 1.165) is 52.0 Å². The fourth-order valence-corrected chi connectivity index (χ4v) is 2.56. The van der Waals surface area contributed by atoms with Crippen molar-refractivity contribution < 1.29 is 4.79 Å². The van der Waals surface area contributed by atoms with Crippen molar-refractivity contribution in [3.63, 3.8) is 0 Å². The van der Waals surface area contributed by atoms with Gasteiger partial charge in [0.25, 0.3) is 0 Å². The maximum Gasteiger partial charge on any atom is 0.226 e. The van der Waals surface area contributed by atoms with Crippen molar-refractivity contribution in [2.75, 3.05) is 32.7 Å². The number of carbonyl (C=O) groups excluding carboxylic acids is 1. The Bertz CT molecular complexity index is 267. The van der Waals surface area contributed by atoms with Crippen molar-refractivity contribution in [2.24, 2.45) is 5.92 Å². The summed E-state index contributed by atoms with van der Waals surface area (Å²) in [5.41, 5.74) is 0. The molecule has 1 unspecified atom stereocenters. The Morgan fingerprint density at radius 1 is 1.25 bits per heavy atom. The number of hydrogen-bond donors (Lipinski definition) is 0. The van der Waals surface area contributed by atoms with Gasteiger partial charge in [0.05, 0.1) is 0 Å².